The summed E-state index contributed by atoms with van der Waals surface area (Å²) >= 11 is 0. The number of carbonyl (C=O) groups is 5. The van der Waals surface area contributed by atoms with Gasteiger partial charge in [0.05, 0.1) is 12.7 Å². The van der Waals surface area contributed by atoms with Crippen LogP contribution in [0, 0.1) is 29.1 Å². The molecule has 2 N–H and O–H groups in total. The molecular weight excluding hydrogens is 672 g/mol. The standard InChI is InChI=1S/C40H50O12/c1-9-11-31(42)49-21-26-18-27-34-37(6,7)40(34,52-33(44)12-10-2)36(23(4)39(27,47)30-17-22(3)35(45)38(30,46)20-26)51-32(43)16-14-25-13-15-28(50-24(5)41)29(19-25)48-8/h13-19,23,27,30,34,36,46-47H,9-12,20-21H2,1-8H3/b16-14+/t23-,27+,30-,34-,36-,38-,39-,40-/m1/s1. The molecule has 0 radical (unpaired) electrons. The van der Waals surface area contributed by atoms with Gasteiger partial charge >= 0.3 is 23.9 Å². The SMILES string of the molecule is CCCC(=O)OCC1=C[C@H]2[C@@H]3C(C)(C)[C@]3(OC(=O)CCC)[C@H](OC(=O)/C=C/c3ccc(OC(C)=O)c(OC)c3)[C@@H](C)[C@]2(O)[C@@H]2C=C(C)C(=O)[C@@]2(O)C1. The summed E-state index contributed by atoms with van der Waals surface area (Å²) in [6, 6.07) is 4.73. The second-order valence-corrected chi connectivity index (χ2v) is 15.1. The molecule has 12 heteroatoms. The highest BCUT2D eigenvalue weighted by molar-refractivity contribution is 6.05. The zero-order valence-corrected chi connectivity index (χ0v) is 31.1. The number of ketones is 1. The Hall–Kier alpha value is -4.29. The van der Waals surface area contributed by atoms with E-state index >= 15 is 0 Å². The summed E-state index contributed by atoms with van der Waals surface area (Å²) in [5.74, 6) is -5.79. The zero-order chi connectivity index (χ0) is 38.4. The number of Topliss-reactive ketones (excluding diaryl/α,β-unsaturated/α-hetero) is 1. The highest BCUT2D eigenvalue weighted by Gasteiger charge is 2.88. The van der Waals surface area contributed by atoms with E-state index in [0.717, 1.165) is 0 Å². The minimum Gasteiger partial charge on any atom is -0.493 e. The number of hydrogen-bond acceptors (Lipinski definition) is 12. The second kappa shape index (κ2) is 14.3. The molecule has 5 rings (SSSR count). The van der Waals surface area contributed by atoms with E-state index in [0.29, 0.717) is 24.0 Å². The normalized spacial score (nSPS) is 32.7. The molecule has 1 aromatic rings. The first-order valence-electron chi connectivity index (χ1n) is 17.9. The number of rotatable bonds is 12. The van der Waals surface area contributed by atoms with Crippen LogP contribution in [-0.4, -0.2) is 76.5 Å². The molecule has 0 amide bonds. The van der Waals surface area contributed by atoms with E-state index in [4.69, 9.17) is 23.7 Å². The van der Waals surface area contributed by atoms with Crippen molar-refractivity contribution >= 4 is 35.7 Å². The first-order valence-corrected chi connectivity index (χ1v) is 17.9. The lowest BCUT2D eigenvalue weighted by atomic mass is 9.59. The van der Waals surface area contributed by atoms with E-state index in [1.807, 2.05) is 27.7 Å². The van der Waals surface area contributed by atoms with Crippen LogP contribution in [0.1, 0.15) is 86.1 Å². The van der Waals surface area contributed by atoms with Crippen molar-refractivity contribution in [2.24, 2.45) is 29.1 Å². The minimum atomic E-state index is -2.06. The molecule has 4 aliphatic carbocycles. The lowest BCUT2D eigenvalue weighted by molar-refractivity contribution is -0.227. The van der Waals surface area contributed by atoms with E-state index in [1.54, 1.807) is 38.1 Å². The van der Waals surface area contributed by atoms with Crippen molar-refractivity contribution in [2.45, 2.75) is 103 Å². The van der Waals surface area contributed by atoms with Gasteiger partial charge in [-0.25, -0.2) is 4.79 Å². The Bertz CT molecular complexity index is 1740. The van der Waals surface area contributed by atoms with E-state index in [2.05, 4.69) is 0 Å². The van der Waals surface area contributed by atoms with Crippen molar-refractivity contribution in [3.8, 4) is 11.5 Å². The summed E-state index contributed by atoms with van der Waals surface area (Å²) in [4.78, 5) is 64.6. The lowest BCUT2D eigenvalue weighted by Gasteiger charge is -2.53. The Balaban J connectivity index is 1.57. The molecule has 12 nitrogen and oxygen atoms in total. The second-order valence-electron chi connectivity index (χ2n) is 15.1. The van der Waals surface area contributed by atoms with Crippen molar-refractivity contribution < 1.29 is 57.9 Å². The summed E-state index contributed by atoms with van der Waals surface area (Å²) in [5.41, 5.74) is -4.88. The van der Waals surface area contributed by atoms with Gasteiger partial charge < -0.3 is 33.9 Å². The molecule has 282 valence electrons. The molecule has 0 saturated heterocycles. The summed E-state index contributed by atoms with van der Waals surface area (Å²) in [5, 5.41) is 25.3. The smallest absolute Gasteiger partial charge is 0.331 e. The van der Waals surface area contributed by atoms with Crippen LogP contribution in [-0.2, 0) is 38.2 Å². The largest absolute Gasteiger partial charge is 0.493 e. The van der Waals surface area contributed by atoms with Crippen LogP contribution in [0.2, 0.25) is 0 Å². The van der Waals surface area contributed by atoms with E-state index in [-0.39, 0.29) is 42.9 Å². The molecular formula is C40H50O12. The van der Waals surface area contributed by atoms with Crippen LogP contribution in [0.25, 0.3) is 6.08 Å². The van der Waals surface area contributed by atoms with E-state index in [1.165, 1.54) is 32.3 Å². The van der Waals surface area contributed by atoms with Gasteiger partial charge in [0.25, 0.3) is 0 Å². The maximum atomic E-state index is 13.7. The third-order valence-electron chi connectivity index (χ3n) is 11.5. The average molecular weight is 723 g/mol. The van der Waals surface area contributed by atoms with E-state index in [9.17, 15) is 34.2 Å². The first kappa shape index (κ1) is 38.9. The summed E-state index contributed by atoms with van der Waals surface area (Å²) in [6.45, 7) is 11.8. The number of aliphatic hydroxyl groups is 2. The van der Waals surface area contributed by atoms with Gasteiger partial charge in [0.15, 0.2) is 22.9 Å². The molecule has 2 saturated carbocycles. The number of ether oxygens (including phenoxy) is 5. The van der Waals surface area contributed by atoms with Crippen LogP contribution < -0.4 is 9.47 Å². The van der Waals surface area contributed by atoms with Crippen molar-refractivity contribution in [2.75, 3.05) is 13.7 Å². The fraction of sp³-hybridized carbons (Fsp3) is 0.575. The summed E-state index contributed by atoms with van der Waals surface area (Å²) in [6.07, 6.45) is 6.08. The molecule has 0 spiro atoms. The first-order chi connectivity index (χ1) is 24.4. The maximum Gasteiger partial charge on any atom is 0.331 e. The molecule has 0 bridgehead atoms. The van der Waals surface area contributed by atoms with Gasteiger partial charge in [0, 0.05) is 61.3 Å². The van der Waals surface area contributed by atoms with Crippen molar-refractivity contribution in [1.82, 2.24) is 0 Å². The Kier molecular flexibility index (Phi) is 10.7. The molecule has 0 unspecified atom stereocenters. The predicted molar refractivity (Wildman–Crippen MR) is 188 cm³/mol. The molecule has 8 atom stereocenters. The average Bonchev–Trinajstić information content (AvgIpc) is 3.50. The van der Waals surface area contributed by atoms with Gasteiger partial charge in [0.2, 0.25) is 0 Å². The van der Waals surface area contributed by atoms with Crippen LogP contribution in [0.5, 0.6) is 11.5 Å². The quantitative estimate of drug-likeness (QED) is 0.0992. The predicted octanol–water partition coefficient (Wildman–Crippen LogP) is 4.83. The number of hydrogen-bond donors (Lipinski definition) is 2. The molecule has 52 heavy (non-hydrogen) atoms. The number of esters is 4. The summed E-state index contributed by atoms with van der Waals surface area (Å²) < 4.78 is 28.6. The molecule has 0 heterocycles. The van der Waals surface area contributed by atoms with Crippen molar-refractivity contribution in [3.63, 3.8) is 0 Å². The number of fused-ring (bicyclic) bond motifs is 5. The summed E-state index contributed by atoms with van der Waals surface area (Å²) in [7, 11) is 1.42. The number of carbonyl (C=O) groups excluding carboxylic acids is 5. The topological polar surface area (TPSA) is 172 Å². The fourth-order valence-corrected chi connectivity index (χ4v) is 9.06. The van der Waals surface area contributed by atoms with Crippen LogP contribution in [0.4, 0.5) is 0 Å². The van der Waals surface area contributed by atoms with Gasteiger partial charge in [-0.1, -0.05) is 52.8 Å². The van der Waals surface area contributed by atoms with Gasteiger partial charge in [0.1, 0.15) is 18.3 Å². The van der Waals surface area contributed by atoms with Crippen LogP contribution >= 0.6 is 0 Å². The Morgan fingerprint density at radius 3 is 2.31 bits per heavy atom. The third-order valence-corrected chi connectivity index (χ3v) is 11.5. The monoisotopic (exact) mass is 722 g/mol. The van der Waals surface area contributed by atoms with Gasteiger partial charge in [-0.15, -0.1) is 0 Å². The minimum absolute atomic E-state index is 0.118. The number of methoxy groups -OCH3 is 1. The molecule has 2 fully saturated rings. The Morgan fingerprint density at radius 2 is 1.67 bits per heavy atom. The molecule has 4 aliphatic rings. The molecule has 0 aliphatic heterocycles. The highest BCUT2D eigenvalue weighted by atomic mass is 16.6. The van der Waals surface area contributed by atoms with Crippen molar-refractivity contribution in [3.05, 3.63) is 53.1 Å². The third kappa shape index (κ3) is 6.38. The fourth-order valence-electron chi connectivity index (χ4n) is 9.06. The highest BCUT2D eigenvalue weighted by Crippen LogP contribution is 2.77. The van der Waals surface area contributed by atoms with E-state index < -0.39 is 81.7 Å². The lowest BCUT2D eigenvalue weighted by Crippen LogP contribution is -2.66. The maximum absolute atomic E-state index is 13.7. The Labute approximate surface area is 304 Å². The molecule has 0 aromatic heterocycles. The Morgan fingerprint density at radius 1 is 1.00 bits per heavy atom. The van der Waals surface area contributed by atoms with Gasteiger partial charge in [-0.3, -0.25) is 19.2 Å². The number of benzene rings is 1. The van der Waals surface area contributed by atoms with Crippen molar-refractivity contribution in [1.29, 1.82) is 0 Å². The molecule has 1 aromatic carbocycles. The van der Waals surface area contributed by atoms with Crippen LogP contribution in [0.15, 0.2) is 47.6 Å². The zero-order valence-electron chi connectivity index (χ0n) is 31.1. The van der Waals surface area contributed by atoms with Crippen LogP contribution in [0.3, 0.4) is 0 Å². The van der Waals surface area contributed by atoms with Gasteiger partial charge in [-0.2, -0.15) is 0 Å². The van der Waals surface area contributed by atoms with Gasteiger partial charge in [-0.05, 0) is 54.7 Å².